The van der Waals surface area contributed by atoms with Gasteiger partial charge in [-0.3, -0.25) is 19.2 Å². The molecule has 44 heavy (non-hydrogen) atoms. The zero-order valence-corrected chi connectivity index (χ0v) is 27.3. The van der Waals surface area contributed by atoms with E-state index in [2.05, 4.69) is 24.1 Å². The van der Waals surface area contributed by atoms with Crippen molar-refractivity contribution < 1.29 is 33.8 Å². The molecule has 5 N–H and O–H groups in total. The largest absolute Gasteiger partial charge is 0.460 e. The van der Waals surface area contributed by atoms with E-state index in [-0.39, 0.29) is 11.6 Å². The van der Waals surface area contributed by atoms with Crippen LogP contribution in [0, 0.1) is 11.8 Å². The van der Waals surface area contributed by atoms with E-state index in [0.29, 0.717) is 6.42 Å². The lowest BCUT2D eigenvalue weighted by Gasteiger charge is -2.31. The summed E-state index contributed by atoms with van der Waals surface area (Å²) in [6, 6.07) is -1.82. The van der Waals surface area contributed by atoms with Gasteiger partial charge in [-0.05, 0) is 18.4 Å². The van der Waals surface area contributed by atoms with Crippen LogP contribution in [-0.2, 0) is 28.7 Å². The van der Waals surface area contributed by atoms with Crippen molar-refractivity contribution >= 4 is 29.6 Å². The number of rotatable bonds is 17. The van der Waals surface area contributed by atoms with Crippen molar-refractivity contribution in [2.45, 2.75) is 129 Å². The Hall–Kier alpha value is -3.21. The van der Waals surface area contributed by atoms with E-state index in [4.69, 9.17) is 10.5 Å². The van der Waals surface area contributed by atoms with E-state index < -0.39 is 60.3 Å². The monoisotopic (exact) mass is 620 g/mol. The Morgan fingerprint density at radius 2 is 1.52 bits per heavy atom. The minimum atomic E-state index is -2.08. The van der Waals surface area contributed by atoms with Crippen LogP contribution in [0.1, 0.15) is 111 Å². The Bertz CT molecular complexity index is 983. The van der Waals surface area contributed by atoms with Crippen molar-refractivity contribution in [1.82, 2.24) is 15.5 Å². The zero-order chi connectivity index (χ0) is 33.1. The fourth-order valence-corrected chi connectivity index (χ4v) is 5.27. The Kier molecular flexibility index (Phi) is 19.0. The third-order valence-electron chi connectivity index (χ3n) is 8.13. The number of primary amides is 1. The molecule has 11 nitrogen and oxygen atoms in total. The number of allylic oxidation sites excluding steroid dienone is 1. The summed E-state index contributed by atoms with van der Waals surface area (Å²) in [6.45, 7) is 8.98. The summed E-state index contributed by atoms with van der Waals surface area (Å²) in [5, 5.41) is 15.2. The van der Waals surface area contributed by atoms with E-state index in [1.165, 1.54) is 77.3 Å². The summed E-state index contributed by atoms with van der Waals surface area (Å²) in [5.41, 5.74) is 5.38. The van der Waals surface area contributed by atoms with Crippen molar-refractivity contribution in [3.8, 4) is 0 Å². The molecule has 1 aliphatic heterocycles. The lowest BCUT2D eigenvalue weighted by Crippen LogP contribution is -2.57. The smallest absolute Gasteiger partial charge is 0.332 e. The van der Waals surface area contributed by atoms with Crippen LogP contribution >= 0.6 is 0 Å². The molecule has 0 fully saturated rings. The van der Waals surface area contributed by atoms with Crippen LogP contribution < -0.4 is 16.4 Å². The van der Waals surface area contributed by atoms with Gasteiger partial charge in [0.05, 0.1) is 12.5 Å². The average Bonchev–Trinajstić information content (AvgIpc) is 2.98. The molecule has 1 rings (SSSR count). The number of amides is 4. The second-order valence-corrected chi connectivity index (χ2v) is 12.1. The second-order valence-electron chi connectivity index (χ2n) is 12.1. The molecule has 1 aliphatic rings. The number of unbranched alkanes of at least 4 members (excludes halogenated alkanes) is 12. The van der Waals surface area contributed by atoms with Gasteiger partial charge in [-0.25, -0.2) is 4.79 Å². The van der Waals surface area contributed by atoms with E-state index in [0.717, 1.165) is 30.2 Å². The van der Waals surface area contributed by atoms with Crippen LogP contribution in [0.3, 0.4) is 0 Å². The highest BCUT2D eigenvalue weighted by Gasteiger charge is 2.39. The standard InChI is InChI=1S/C33H56N4O7/c1-6-7-8-9-10-11-12-13-14-15-16-17-18-19-23(2)30-25(4)32(42)35-24(3)20-21-27(39)37(5)22-26(38)36-28(33(43)44-30)29(40)31(34)41/h20-21,23,25,28-30,40H,3,6-19,22H2,1-2,4-5H3,(H2,34,41)(H,35,42)(H,36,38)/t23?,25-,28-,29?,30-/m0/s1. The van der Waals surface area contributed by atoms with Crippen LogP contribution in [0.15, 0.2) is 24.4 Å². The number of ether oxygens (including phenoxy) is 1. The number of nitrogens with one attached hydrogen (secondary N) is 2. The highest BCUT2D eigenvalue weighted by Crippen LogP contribution is 2.25. The Labute approximate surface area is 263 Å². The van der Waals surface area contributed by atoms with Gasteiger partial charge in [-0.15, -0.1) is 0 Å². The maximum atomic E-state index is 13.3. The normalized spacial score (nSPS) is 22.0. The number of aliphatic hydroxyl groups is 1. The fourth-order valence-electron chi connectivity index (χ4n) is 5.27. The van der Waals surface area contributed by atoms with Gasteiger partial charge in [-0.1, -0.05) is 111 Å². The van der Waals surface area contributed by atoms with E-state index >= 15 is 0 Å². The molecule has 0 aromatic heterocycles. The SMILES string of the molecule is C=C1C=CC(=O)N(C)CC(=O)N[C@@H](C(O)C(N)=O)C(=O)O[C@@H](C(C)CCCCCCCCCCCCCCC)[C@H](C)C(=O)N1. The number of hydrogen-bond donors (Lipinski definition) is 4. The van der Waals surface area contributed by atoms with Gasteiger partial charge in [0.15, 0.2) is 12.1 Å². The van der Waals surface area contributed by atoms with Crippen molar-refractivity contribution in [2.75, 3.05) is 13.6 Å². The van der Waals surface area contributed by atoms with Crippen LogP contribution in [0.2, 0.25) is 0 Å². The van der Waals surface area contributed by atoms with Gasteiger partial charge in [0.2, 0.25) is 23.6 Å². The van der Waals surface area contributed by atoms with Crippen molar-refractivity contribution in [2.24, 2.45) is 17.6 Å². The van der Waals surface area contributed by atoms with Crippen LogP contribution in [0.4, 0.5) is 0 Å². The quantitative estimate of drug-likeness (QED) is 0.142. The van der Waals surface area contributed by atoms with Crippen LogP contribution in [0.25, 0.3) is 0 Å². The molecule has 0 radical (unpaired) electrons. The van der Waals surface area contributed by atoms with Crippen molar-refractivity contribution in [3.05, 3.63) is 24.4 Å². The van der Waals surface area contributed by atoms with Gasteiger partial charge in [-0.2, -0.15) is 0 Å². The lowest BCUT2D eigenvalue weighted by molar-refractivity contribution is -0.165. The molecule has 5 atom stereocenters. The molecule has 250 valence electrons. The summed E-state index contributed by atoms with van der Waals surface area (Å²) in [6.07, 6.45) is 16.0. The molecule has 0 saturated heterocycles. The first kappa shape index (κ1) is 38.8. The number of aliphatic hydroxyl groups excluding tert-OH is 1. The molecular weight excluding hydrogens is 564 g/mol. The summed E-state index contributed by atoms with van der Waals surface area (Å²) in [7, 11) is 1.35. The molecule has 0 spiro atoms. The first-order valence-electron chi connectivity index (χ1n) is 16.3. The Balaban J connectivity index is 2.85. The second kappa shape index (κ2) is 21.5. The Morgan fingerprint density at radius 3 is 2.05 bits per heavy atom. The summed E-state index contributed by atoms with van der Waals surface area (Å²) < 4.78 is 5.74. The van der Waals surface area contributed by atoms with E-state index in [1.54, 1.807) is 6.92 Å². The highest BCUT2D eigenvalue weighted by molar-refractivity contribution is 5.95. The van der Waals surface area contributed by atoms with Gasteiger partial charge in [0.25, 0.3) is 0 Å². The van der Waals surface area contributed by atoms with Crippen LogP contribution in [0.5, 0.6) is 0 Å². The number of carbonyl (C=O) groups is 5. The maximum Gasteiger partial charge on any atom is 0.332 e. The molecule has 0 aromatic rings. The van der Waals surface area contributed by atoms with Crippen molar-refractivity contribution in [1.29, 1.82) is 0 Å². The first-order valence-corrected chi connectivity index (χ1v) is 16.3. The van der Waals surface area contributed by atoms with Gasteiger partial charge < -0.3 is 31.1 Å². The summed E-state index contributed by atoms with van der Waals surface area (Å²) >= 11 is 0. The number of nitrogens with zero attached hydrogens (tertiary/aromatic N) is 1. The molecule has 11 heteroatoms. The topological polar surface area (TPSA) is 168 Å². The predicted octanol–water partition coefficient (Wildman–Crippen LogP) is 3.64. The molecular formula is C33H56N4O7. The summed E-state index contributed by atoms with van der Waals surface area (Å²) in [4.78, 5) is 64.2. The molecule has 0 saturated carbocycles. The number of cyclic esters (lactones) is 1. The fraction of sp³-hybridized carbons (Fsp3) is 0.727. The summed E-state index contributed by atoms with van der Waals surface area (Å²) in [5.74, 6) is -5.33. The minimum absolute atomic E-state index is 0.152. The first-order chi connectivity index (χ1) is 20.9. The van der Waals surface area contributed by atoms with Crippen molar-refractivity contribution in [3.63, 3.8) is 0 Å². The molecule has 0 aromatic carbocycles. The molecule has 1 heterocycles. The molecule has 0 bridgehead atoms. The molecule has 2 unspecified atom stereocenters. The van der Waals surface area contributed by atoms with E-state index in [9.17, 15) is 29.1 Å². The zero-order valence-electron chi connectivity index (χ0n) is 27.3. The Morgan fingerprint density at radius 1 is 1.00 bits per heavy atom. The third kappa shape index (κ3) is 15.0. The number of hydrogen-bond acceptors (Lipinski definition) is 7. The molecule has 0 aliphatic carbocycles. The third-order valence-corrected chi connectivity index (χ3v) is 8.13. The van der Waals surface area contributed by atoms with Gasteiger partial charge in [0.1, 0.15) is 6.10 Å². The number of likely N-dealkylation sites (N-methyl/N-ethyl adjacent to an activating group) is 1. The predicted molar refractivity (Wildman–Crippen MR) is 170 cm³/mol. The number of carbonyl (C=O) groups excluding carboxylic acids is 5. The van der Waals surface area contributed by atoms with E-state index in [1.807, 2.05) is 6.92 Å². The van der Waals surface area contributed by atoms with Gasteiger partial charge >= 0.3 is 5.97 Å². The number of esters is 1. The van der Waals surface area contributed by atoms with Gasteiger partial charge in [0, 0.05) is 18.8 Å². The number of nitrogens with two attached hydrogens (primary N) is 1. The van der Waals surface area contributed by atoms with Crippen LogP contribution in [-0.4, -0.2) is 71.4 Å². The highest BCUT2D eigenvalue weighted by atomic mass is 16.5. The molecule has 4 amide bonds. The minimum Gasteiger partial charge on any atom is -0.460 e. The maximum absolute atomic E-state index is 13.3. The lowest BCUT2D eigenvalue weighted by atomic mass is 9.88. The average molecular weight is 621 g/mol.